The fraction of sp³-hybridized carbons (Fsp3) is 0.444. The summed E-state index contributed by atoms with van der Waals surface area (Å²) in [7, 11) is 1.98. The van der Waals surface area contributed by atoms with E-state index in [1.165, 1.54) is 0 Å². The molecular weight excluding hydrogens is 274 g/mol. The smallest absolute Gasteiger partial charge is 0.253 e. The standard InChI is InChI=1S/C18H25N3O/c1-5-6-9-17(15-8-7-10-19-12-15)20-18(22)16-11-13(2)21(4)14(16)3/h7-8,10-12,17H,5-6,9H2,1-4H3,(H,20,22). The molecule has 1 amide bonds. The first-order valence-electron chi connectivity index (χ1n) is 7.88. The second kappa shape index (κ2) is 7.25. The second-order valence-electron chi connectivity index (χ2n) is 5.80. The van der Waals surface area contributed by atoms with Crippen molar-refractivity contribution in [3.8, 4) is 0 Å². The predicted molar refractivity (Wildman–Crippen MR) is 88.9 cm³/mol. The quantitative estimate of drug-likeness (QED) is 0.884. The number of amides is 1. The molecule has 1 unspecified atom stereocenters. The van der Waals surface area contributed by atoms with Crippen LogP contribution in [0.4, 0.5) is 0 Å². The van der Waals surface area contributed by atoms with Crippen molar-refractivity contribution in [3.63, 3.8) is 0 Å². The van der Waals surface area contributed by atoms with Crippen molar-refractivity contribution in [1.82, 2.24) is 14.9 Å². The van der Waals surface area contributed by atoms with Crippen molar-refractivity contribution in [2.24, 2.45) is 7.05 Å². The van der Waals surface area contributed by atoms with Crippen LogP contribution in [-0.2, 0) is 7.05 Å². The van der Waals surface area contributed by atoms with E-state index in [1.54, 1.807) is 6.20 Å². The first-order chi connectivity index (χ1) is 10.5. The van der Waals surface area contributed by atoms with Crippen molar-refractivity contribution in [2.45, 2.75) is 46.1 Å². The third-order valence-corrected chi connectivity index (χ3v) is 4.26. The molecule has 4 heteroatoms. The van der Waals surface area contributed by atoms with Gasteiger partial charge in [0.1, 0.15) is 0 Å². The average molecular weight is 299 g/mol. The maximum absolute atomic E-state index is 12.6. The Bertz CT molecular complexity index is 631. The fourth-order valence-corrected chi connectivity index (χ4v) is 2.63. The molecule has 2 heterocycles. The van der Waals surface area contributed by atoms with Crippen molar-refractivity contribution in [2.75, 3.05) is 0 Å². The third-order valence-electron chi connectivity index (χ3n) is 4.26. The zero-order valence-corrected chi connectivity index (χ0v) is 13.9. The number of rotatable bonds is 6. The highest BCUT2D eigenvalue weighted by Crippen LogP contribution is 2.20. The van der Waals surface area contributed by atoms with Crippen LogP contribution in [0.15, 0.2) is 30.6 Å². The summed E-state index contributed by atoms with van der Waals surface area (Å²) >= 11 is 0. The molecule has 0 saturated heterocycles. The Balaban J connectivity index is 2.19. The van der Waals surface area contributed by atoms with Gasteiger partial charge in [0.05, 0.1) is 11.6 Å². The molecule has 118 valence electrons. The molecule has 0 aliphatic carbocycles. The molecule has 0 radical (unpaired) electrons. The van der Waals surface area contributed by atoms with Crippen LogP contribution >= 0.6 is 0 Å². The highest BCUT2D eigenvalue weighted by molar-refractivity contribution is 5.96. The molecule has 0 aromatic carbocycles. The van der Waals surface area contributed by atoms with E-state index in [-0.39, 0.29) is 11.9 Å². The van der Waals surface area contributed by atoms with E-state index in [0.717, 1.165) is 41.8 Å². The minimum atomic E-state index is -0.00819. The molecule has 1 N–H and O–H groups in total. The molecule has 0 saturated carbocycles. The highest BCUT2D eigenvalue weighted by Gasteiger charge is 2.19. The van der Waals surface area contributed by atoms with Gasteiger partial charge in [-0.25, -0.2) is 0 Å². The largest absolute Gasteiger partial charge is 0.351 e. The molecular formula is C18H25N3O. The van der Waals surface area contributed by atoms with Gasteiger partial charge in [-0.15, -0.1) is 0 Å². The zero-order chi connectivity index (χ0) is 16.1. The Morgan fingerprint density at radius 3 is 2.73 bits per heavy atom. The molecule has 1 atom stereocenters. The lowest BCUT2D eigenvalue weighted by Crippen LogP contribution is -2.29. The molecule has 4 nitrogen and oxygen atoms in total. The monoisotopic (exact) mass is 299 g/mol. The summed E-state index contributed by atoms with van der Waals surface area (Å²) in [6.45, 7) is 6.15. The summed E-state index contributed by atoms with van der Waals surface area (Å²) in [6.07, 6.45) is 6.71. The number of hydrogen-bond donors (Lipinski definition) is 1. The maximum atomic E-state index is 12.6. The number of carbonyl (C=O) groups excluding carboxylic acids is 1. The molecule has 0 fully saturated rings. The average Bonchev–Trinajstić information content (AvgIpc) is 2.79. The van der Waals surface area contributed by atoms with E-state index in [0.29, 0.717) is 0 Å². The Morgan fingerprint density at radius 2 is 2.18 bits per heavy atom. The van der Waals surface area contributed by atoms with Gasteiger partial charge >= 0.3 is 0 Å². The first-order valence-corrected chi connectivity index (χ1v) is 7.88. The van der Waals surface area contributed by atoms with Crippen LogP contribution in [-0.4, -0.2) is 15.5 Å². The summed E-state index contributed by atoms with van der Waals surface area (Å²) in [6, 6.07) is 5.90. The van der Waals surface area contributed by atoms with Gasteiger partial charge < -0.3 is 9.88 Å². The van der Waals surface area contributed by atoms with Crippen molar-refractivity contribution < 1.29 is 4.79 Å². The topological polar surface area (TPSA) is 46.9 Å². The SMILES string of the molecule is CCCCC(NC(=O)c1cc(C)n(C)c1C)c1cccnc1. The molecule has 0 aliphatic heterocycles. The van der Waals surface area contributed by atoms with Crippen molar-refractivity contribution in [3.05, 3.63) is 53.1 Å². The minimum absolute atomic E-state index is 0.00819. The number of hydrogen-bond acceptors (Lipinski definition) is 2. The lowest BCUT2D eigenvalue weighted by atomic mass is 10.0. The molecule has 2 rings (SSSR count). The van der Waals surface area contributed by atoms with Crippen molar-refractivity contribution in [1.29, 1.82) is 0 Å². The number of nitrogens with one attached hydrogen (secondary N) is 1. The van der Waals surface area contributed by atoms with E-state index < -0.39 is 0 Å². The minimum Gasteiger partial charge on any atom is -0.351 e. The van der Waals surface area contributed by atoms with Gasteiger partial charge in [-0.1, -0.05) is 25.8 Å². The summed E-state index contributed by atoms with van der Waals surface area (Å²) in [5.74, 6) is -0.00819. The van der Waals surface area contributed by atoms with E-state index in [1.807, 2.05) is 49.9 Å². The summed E-state index contributed by atoms with van der Waals surface area (Å²) in [4.78, 5) is 16.8. The van der Waals surface area contributed by atoms with Crippen LogP contribution in [0, 0.1) is 13.8 Å². The number of pyridine rings is 1. The predicted octanol–water partition coefficient (Wildman–Crippen LogP) is 3.70. The fourth-order valence-electron chi connectivity index (χ4n) is 2.63. The van der Waals surface area contributed by atoms with Gasteiger partial charge in [-0.2, -0.15) is 0 Å². The number of aryl methyl sites for hydroxylation is 1. The number of nitrogens with zero attached hydrogens (tertiary/aromatic N) is 2. The van der Waals surface area contributed by atoms with Gasteiger partial charge in [0.15, 0.2) is 0 Å². The molecule has 2 aromatic rings. The molecule has 0 aliphatic rings. The van der Waals surface area contributed by atoms with Gasteiger partial charge in [-0.3, -0.25) is 9.78 Å². The normalized spacial score (nSPS) is 12.2. The number of unbranched alkanes of at least 4 members (excludes halogenated alkanes) is 1. The lowest BCUT2D eigenvalue weighted by molar-refractivity contribution is 0.0933. The second-order valence-corrected chi connectivity index (χ2v) is 5.80. The Hall–Kier alpha value is -2.10. The lowest BCUT2D eigenvalue weighted by Gasteiger charge is -2.18. The number of carbonyl (C=O) groups is 1. The Morgan fingerprint density at radius 1 is 1.41 bits per heavy atom. The van der Waals surface area contributed by atoms with E-state index >= 15 is 0 Å². The van der Waals surface area contributed by atoms with Gasteiger partial charge in [0.2, 0.25) is 0 Å². The van der Waals surface area contributed by atoms with Crippen LogP contribution in [0.1, 0.15) is 59.5 Å². The van der Waals surface area contributed by atoms with Gasteiger partial charge in [0, 0.05) is 30.8 Å². The van der Waals surface area contributed by atoms with Crippen LogP contribution in [0.3, 0.4) is 0 Å². The molecule has 2 aromatic heterocycles. The Kier molecular flexibility index (Phi) is 5.36. The van der Waals surface area contributed by atoms with Crippen molar-refractivity contribution >= 4 is 5.91 Å². The maximum Gasteiger partial charge on any atom is 0.253 e. The molecule has 0 spiro atoms. The zero-order valence-electron chi connectivity index (χ0n) is 13.9. The molecule has 0 bridgehead atoms. The number of aromatic nitrogens is 2. The van der Waals surface area contributed by atoms with E-state index in [2.05, 4.69) is 17.2 Å². The highest BCUT2D eigenvalue weighted by atomic mass is 16.1. The van der Waals surface area contributed by atoms with Gasteiger partial charge in [-0.05, 0) is 38.0 Å². The van der Waals surface area contributed by atoms with Crippen LogP contribution in [0.25, 0.3) is 0 Å². The van der Waals surface area contributed by atoms with Crippen LogP contribution in [0.2, 0.25) is 0 Å². The summed E-state index contributed by atoms with van der Waals surface area (Å²) in [5.41, 5.74) is 3.91. The Labute approximate surface area is 132 Å². The molecule has 22 heavy (non-hydrogen) atoms. The van der Waals surface area contributed by atoms with Crippen LogP contribution in [0.5, 0.6) is 0 Å². The summed E-state index contributed by atoms with van der Waals surface area (Å²) < 4.78 is 2.04. The van der Waals surface area contributed by atoms with E-state index in [4.69, 9.17) is 0 Å². The first kappa shape index (κ1) is 16.3. The summed E-state index contributed by atoms with van der Waals surface area (Å²) in [5, 5.41) is 3.17. The van der Waals surface area contributed by atoms with E-state index in [9.17, 15) is 4.79 Å². The van der Waals surface area contributed by atoms with Gasteiger partial charge in [0.25, 0.3) is 5.91 Å². The van der Waals surface area contributed by atoms with Crippen LogP contribution < -0.4 is 5.32 Å². The third kappa shape index (κ3) is 3.56.